The Hall–Kier alpha value is -2.53. The maximum Gasteiger partial charge on any atom is 0.342 e. The molecule has 0 unspecified atom stereocenters. The fourth-order valence-corrected chi connectivity index (χ4v) is 3.14. The summed E-state index contributed by atoms with van der Waals surface area (Å²) in [5.41, 5.74) is 0.837. The normalized spacial score (nSPS) is 11.6. The molecule has 1 heterocycles. The second-order valence-electron chi connectivity index (χ2n) is 7.42. The standard InChI is InChI=1S/C22H22ClFO4/c1-5-26-21(25)19-14-11-13(9-10-18(14)28-20(19)22(2,3)4)27-12-15-16(23)7-6-8-17(15)24/h6-11H,5,12H2,1-4H3. The van der Waals surface area contributed by atoms with Crippen LogP contribution in [0.25, 0.3) is 11.0 Å². The highest BCUT2D eigenvalue weighted by Gasteiger charge is 2.30. The minimum atomic E-state index is -0.444. The van der Waals surface area contributed by atoms with E-state index < -0.39 is 11.8 Å². The Labute approximate surface area is 168 Å². The number of hydrogen-bond donors (Lipinski definition) is 0. The molecule has 1 aromatic heterocycles. The van der Waals surface area contributed by atoms with Gasteiger partial charge in [-0.1, -0.05) is 38.4 Å². The van der Waals surface area contributed by atoms with Crippen molar-refractivity contribution >= 4 is 28.5 Å². The van der Waals surface area contributed by atoms with Crippen molar-refractivity contribution in [1.29, 1.82) is 0 Å². The van der Waals surface area contributed by atoms with E-state index in [4.69, 9.17) is 25.5 Å². The number of carbonyl (C=O) groups is 1. The highest BCUT2D eigenvalue weighted by atomic mass is 35.5. The molecule has 0 aliphatic rings. The van der Waals surface area contributed by atoms with E-state index in [2.05, 4.69) is 0 Å². The van der Waals surface area contributed by atoms with Gasteiger partial charge in [-0.25, -0.2) is 9.18 Å². The summed E-state index contributed by atoms with van der Waals surface area (Å²) in [5.74, 6) is 0.147. The zero-order valence-corrected chi connectivity index (χ0v) is 17.0. The second-order valence-corrected chi connectivity index (χ2v) is 7.83. The molecule has 0 atom stereocenters. The van der Waals surface area contributed by atoms with Crippen molar-refractivity contribution in [2.24, 2.45) is 0 Å². The Morgan fingerprint density at radius 3 is 2.61 bits per heavy atom. The van der Waals surface area contributed by atoms with Crippen molar-refractivity contribution < 1.29 is 23.1 Å². The summed E-state index contributed by atoms with van der Waals surface area (Å²) in [4.78, 5) is 12.6. The van der Waals surface area contributed by atoms with Gasteiger partial charge in [-0.3, -0.25) is 0 Å². The maximum absolute atomic E-state index is 14.0. The average molecular weight is 405 g/mol. The number of furan rings is 1. The first-order chi connectivity index (χ1) is 13.2. The molecular formula is C22H22ClFO4. The lowest BCUT2D eigenvalue weighted by atomic mass is 9.89. The molecule has 0 bridgehead atoms. The molecule has 3 rings (SSSR count). The van der Waals surface area contributed by atoms with Crippen molar-refractivity contribution in [3.63, 3.8) is 0 Å². The van der Waals surface area contributed by atoms with Gasteiger partial charge in [0, 0.05) is 16.4 Å². The van der Waals surface area contributed by atoms with Crippen LogP contribution in [0.4, 0.5) is 4.39 Å². The number of fused-ring (bicyclic) bond motifs is 1. The van der Waals surface area contributed by atoms with Crippen molar-refractivity contribution in [3.8, 4) is 5.75 Å². The minimum Gasteiger partial charge on any atom is -0.489 e. The van der Waals surface area contributed by atoms with E-state index in [1.807, 2.05) is 20.8 Å². The SMILES string of the molecule is CCOC(=O)c1c(C(C)(C)C)oc2ccc(OCc3c(F)cccc3Cl)cc12. The van der Waals surface area contributed by atoms with Crippen LogP contribution >= 0.6 is 11.6 Å². The molecule has 0 fully saturated rings. The van der Waals surface area contributed by atoms with Crippen molar-refractivity contribution in [2.45, 2.75) is 39.7 Å². The first kappa shape index (κ1) is 20.2. The van der Waals surface area contributed by atoms with E-state index in [0.717, 1.165) is 0 Å². The summed E-state index contributed by atoms with van der Waals surface area (Å²) >= 11 is 6.05. The van der Waals surface area contributed by atoms with Crippen LogP contribution < -0.4 is 4.74 Å². The van der Waals surface area contributed by atoms with Gasteiger partial charge in [0.2, 0.25) is 0 Å². The number of ether oxygens (including phenoxy) is 2. The van der Waals surface area contributed by atoms with Crippen LogP contribution in [0.15, 0.2) is 40.8 Å². The quantitative estimate of drug-likeness (QED) is 0.469. The molecule has 3 aromatic rings. The minimum absolute atomic E-state index is 0.0320. The predicted octanol–water partition coefficient (Wildman–Crippen LogP) is 6.28. The molecule has 0 saturated carbocycles. The monoisotopic (exact) mass is 404 g/mol. The number of hydrogen-bond acceptors (Lipinski definition) is 4. The summed E-state index contributed by atoms with van der Waals surface area (Å²) < 4.78 is 30.9. The number of esters is 1. The summed E-state index contributed by atoms with van der Waals surface area (Å²) in [6, 6.07) is 9.62. The van der Waals surface area contributed by atoms with Crippen LogP contribution in [0.1, 0.15) is 49.4 Å². The molecule has 0 saturated heterocycles. The first-order valence-electron chi connectivity index (χ1n) is 9.02. The number of carbonyl (C=O) groups excluding carboxylic acids is 1. The highest BCUT2D eigenvalue weighted by Crippen LogP contribution is 2.36. The lowest BCUT2D eigenvalue weighted by Gasteiger charge is -2.16. The molecule has 4 nitrogen and oxygen atoms in total. The van der Waals surface area contributed by atoms with E-state index in [9.17, 15) is 9.18 Å². The molecule has 6 heteroatoms. The van der Waals surface area contributed by atoms with Crippen LogP contribution in [0.3, 0.4) is 0 Å². The Morgan fingerprint density at radius 2 is 1.96 bits per heavy atom. The third-order valence-electron chi connectivity index (χ3n) is 4.27. The summed E-state index contributed by atoms with van der Waals surface area (Å²) in [5, 5.41) is 0.895. The molecule has 0 aliphatic carbocycles. The topological polar surface area (TPSA) is 48.7 Å². The number of halogens is 2. The fourth-order valence-electron chi connectivity index (χ4n) is 2.93. The number of rotatable bonds is 5. The van der Waals surface area contributed by atoms with Gasteiger partial charge in [-0.15, -0.1) is 0 Å². The van der Waals surface area contributed by atoms with Gasteiger partial charge in [0.05, 0.1) is 11.6 Å². The van der Waals surface area contributed by atoms with Gasteiger partial charge in [0.25, 0.3) is 0 Å². The highest BCUT2D eigenvalue weighted by molar-refractivity contribution is 6.31. The van der Waals surface area contributed by atoms with Crippen molar-refractivity contribution in [3.05, 3.63) is 64.1 Å². The van der Waals surface area contributed by atoms with Crippen molar-refractivity contribution in [1.82, 2.24) is 0 Å². The van der Waals surface area contributed by atoms with Gasteiger partial charge in [-0.2, -0.15) is 0 Å². The lowest BCUT2D eigenvalue weighted by molar-refractivity contribution is 0.0523. The van der Waals surface area contributed by atoms with Gasteiger partial charge in [-0.05, 0) is 37.3 Å². The third-order valence-corrected chi connectivity index (χ3v) is 4.62. The fraction of sp³-hybridized carbons (Fsp3) is 0.318. The molecule has 148 valence electrons. The molecule has 0 radical (unpaired) electrons. The number of benzene rings is 2. The summed E-state index contributed by atoms with van der Waals surface area (Å²) in [6.45, 7) is 7.87. The smallest absolute Gasteiger partial charge is 0.342 e. The molecule has 0 spiro atoms. The van der Waals surface area contributed by atoms with E-state index in [-0.39, 0.29) is 24.2 Å². The first-order valence-corrected chi connectivity index (χ1v) is 9.40. The van der Waals surface area contributed by atoms with Gasteiger partial charge in [0.1, 0.15) is 35.1 Å². The molecule has 0 aliphatic heterocycles. The molecule has 2 aromatic carbocycles. The van der Waals surface area contributed by atoms with E-state index in [0.29, 0.717) is 33.1 Å². The second kappa shape index (κ2) is 7.84. The molecule has 0 amide bonds. The van der Waals surface area contributed by atoms with Gasteiger partial charge < -0.3 is 13.9 Å². The zero-order valence-electron chi connectivity index (χ0n) is 16.3. The third kappa shape index (κ3) is 3.99. The van der Waals surface area contributed by atoms with Gasteiger partial charge in [0.15, 0.2) is 0 Å². The molecular weight excluding hydrogens is 383 g/mol. The van der Waals surface area contributed by atoms with Crippen LogP contribution in [0, 0.1) is 5.82 Å². The van der Waals surface area contributed by atoms with E-state index in [1.54, 1.807) is 37.3 Å². The van der Waals surface area contributed by atoms with Crippen molar-refractivity contribution in [2.75, 3.05) is 6.61 Å². The molecule has 0 N–H and O–H groups in total. The molecule has 28 heavy (non-hydrogen) atoms. The lowest BCUT2D eigenvalue weighted by Crippen LogP contribution is -2.16. The largest absolute Gasteiger partial charge is 0.489 e. The Balaban J connectivity index is 2.00. The Morgan fingerprint density at radius 1 is 1.21 bits per heavy atom. The van der Waals surface area contributed by atoms with E-state index in [1.165, 1.54) is 6.07 Å². The summed E-state index contributed by atoms with van der Waals surface area (Å²) in [7, 11) is 0. The van der Waals surface area contributed by atoms with Crippen LogP contribution in [-0.2, 0) is 16.8 Å². The predicted molar refractivity (Wildman–Crippen MR) is 107 cm³/mol. The van der Waals surface area contributed by atoms with Crippen LogP contribution in [0.5, 0.6) is 5.75 Å². The Kier molecular flexibility index (Phi) is 5.66. The van der Waals surface area contributed by atoms with Crippen LogP contribution in [-0.4, -0.2) is 12.6 Å². The summed E-state index contributed by atoms with van der Waals surface area (Å²) in [6.07, 6.45) is 0. The average Bonchev–Trinajstić information content (AvgIpc) is 3.01. The van der Waals surface area contributed by atoms with E-state index >= 15 is 0 Å². The Bertz CT molecular complexity index is 997. The maximum atomic E-state index is 14.0. The van der Waals surface area contributed by atoms with Crippen LogP contribution in [0.2, 0.25) is 5.02 Å². The van der Waals surface area contributed by atoms with Gasteiger partial charge >= 0.3 is 5.97 Å². The zero-order chi connectivity index (χ0) is 20.5.